The molecular weight excluding hydrogens is 288 g/mol. The summed E-state index contributed by atoms with van der Waals surface area (Å²) >= 11 is 0. The van der Waals surface area contributed by atoms with Crippen LogP contribution in [0.25, 0.3) is 0 Å². The van der Waals surface area contributed by atoms with Crippen LogP contribution in [0.4, 0.5) is 0 Å². The summed E-state index contributed by atoms with van der Waals surface area (Å²) in [5.41, 5.74) is 3.75. The van der Waals surface area contributed by atoms with Crippen molar-refractivity contribution in [3.63, 3.8) is 0 Å². The monoisotopic (exact) mass is 311 g/mol. The van der Waals surface area contributed by atoms with E-state index >= 15 is 0 Å². The molecule has 0 aliphatic carbocycles. The Morgan fingerprint density at radius 1 is 1.14 bits per heavy atom. The van der Waals surface area contributed by atoms with Gasteiger partial charge in [0.15, 0.2) is 0 Å². The Morgan fingerprint density at radius 2 is 1.77 bits per heavy atom. The van der Waals surface area contributed by atoms with Gasteiger partial charge in [-0.25, -0.2) is 0 Å². The highest BCUT2D eigenvalue weighted by Gasteiger charge is 2.52. The van der Waals surface area contributed by atoms with Gasteiger partial charge in [-0.1, -0.05) is 76.3 Å². The van der Waals surface area contributed by atoms with Gasteiger partial charge in [-0.2, -0.15) is 0 Å². The van der Waals surface area contributed by atoms with E-state index in [2.05, 4.69) is 89.5 Å². The van der Waals surface area contributed by atoms with Gasteiger partial charge in [0.05, 0.1) is 0 Å². The Bertz CT molecular complexity index is 651. The molecule has 0 amide bonds. The maximum atomic E-state index is 6.61. The van der Waals surface area contributed by atoms with Gasteiger partial charge in [0.2, 0.25) is 0 Å². The lowest BCUT2D eigenvalue weighted by atomic mass is 9.70. The van der Waals surface area contributed by atoms with Crippen LogP contribution < -0.4 is 5.46 Å². The van der Waals surface area contributed by atoms with E-state index in [-0.39, 0.29) is 12.4 Å². The molecule has 1 saturated heterocycles. The molecule has 22 heavy (non-hydrogen) atoms. The van der Waals surface area contributed by atoms with Crippen LogP contribution in [0.5, 0.6) is 0 Å². The van der Waals surface area contributed by atoms with E-state index in [9.17, 15) is 0 Å². The summed E-state index contributed by atoms with van der Waals surface area (Å²) < 4.78 is 6.61. The maximum absolute atomic E-state index is 6.61. The first kappa shape index (κ1) is 15.7. The first-order chi connectivity index (χ1) is 10.6. The molecule has 0 radical (unpaired) electrons. The van der Waals surface area contributed by atoms with E-state index in [1.807, 2.05) is 0 Å². The molecule has 1 aliphatic rings. The minimum Gasteiger partial charge on any atom is -0.403 e. The normalized spacial score (nSPS) is 25.6. The summed E-state index contributed by atoms with van der Waals surface area (Å²) in [5.74, 6) is 0. The molecule has 0 bridgehead atoms. The molecule has 1 heterocycles. The lowest BCUT2D eigenvalue weighted by molar-refractivity contribution is 0.156. The zero-order chi connectivity index (χ0) is 15.7. The highest BCUT2D eigenvalue weighted by Crippen LogP contribution is 2.45. The molecule has 1 fully saturated rings. The van der Waals surface area contributed by atoms with Crippen molar-refractivity contribution in [2.24, 2.45) is 0 Å². The molecule has 3 rings (SSSR count). The van der Waals surface area contributed by atoms with E-state index in [4.69, 9.17) is 4.65 Å². The van der Waals surface area contributed by atoms with Crippen LogP contribution in [-0.2, 0) is 10.00 Å². The third kappa shape index (κ3) is 2.52. The van der Waals surface area contributed by atoms with E-state index in [1.165, 1.54) is 16.6 Å². The Kier molecular flexibility index (Phi) is 4.41. The summed E-state index contributed by atoms with van der Waals surface area (Å²) in [5, 5.41) is -0.363. The lowest BCUT2D eigenvalue weighted by Gasteiger charge is -2.33. The predicted molar refractivity (Wildman–Crippen MR) is 97.3 cm³/mol. The van der Waals surface area contributed by atoms with Gasteiger partial charge in [-0.05, 0) is 31.4 Å². The minimum atomic E-state index is -0.363. The van der Waals surface area contributed by atoms with Crippen LogP contribution in [0.15, 0.2) is 54.6 Å². The second-order valence-electron chi connectivity index (χ2n) is 6.08. The number of hydrogen-bond donors (Lipinski definition) is 0. The molecule has 1 aliphatic heterocycles. The lowest BCUT2D eigenvalue weighted by Crippen LogP contribution is -2.46. The number of rotatable bonds is 3. The molecule has 114 valence electrons. The van der Waals surface area contributed by atoms with Crippen LogP contribution in [0.1, 0.15) is 24.5 Å². The van der Waals surface area contributed by atoms with Gasteiger partial charge in [0.1, 0.15) is 5.34 Å². The van der Waals surface area contributed by atoms with Crippen molar-refractivity contribution in [2.45, 2.75) is 31.7 Å². The Morgan fingerprint density at radius 3 is 2.41 bits per heavy atom. The first-order valence-electron chi connectivity index (χ1n) is 7.87. The fourth-order valence-electron chi connectivity index (χ4n) is 3.51. The van der Waals surface area contributed by atoms with E-state index in [1.54, 1.807) is 0 Å². The molecule has 0 N–H and O–H groups in total. The second kappa shape index (κ2) is 6.16. The smallest absolute Gasteiger partial charge is 0.403 e. The molecular formula is C18H23BNOP. The van der Waals surface area contributed by atoms with E-state index < -0.39 is 0 Å². The van der Waals surface area contributed by atoms with Crippen LogP contribution in [0, 0.1) is 6.92 Å². The molecule has 3 atom stereocenters. The van der Waals surface area contributed by atoms with E-state index in [0.717, 1.165) is 6.42 Å². The summed E-state index contributed by atoms with van der Waals surface area (Å²) in [6.45, 7) is 4.38. The molecule has 0 saturated carbocycles. The highest BCUT2D eigenvalue weighted by atomic mass is 31.0. The Labute approximate surface area is 136 Å². The molecule has 0 spiro atoms. The largest absolute Gasteiger partial charge is 0.419 e. The zero-order valence-electron chi connectivity index (χ0n) is 13.5. The maximum Gasteiger partial charge on any atom is 0.419 e. The van der Waals surface area contributed by atoms with Crippen molar-refractivity contribution in [1.29, 1.82) is 0 Å². The number of aryl methyl sites for hydroxylation is 1. The van der Waals surface area contributed by atoms with Crippen molar-refractivity contribution in [1.82, 2.24) is 4.81 Å². The third-order valence-electron chi connectivity index (χ3n) is 4.73. The van der Waals surface area contributed by atoms with Crippen LogP contribution in [0.2, 0.25) is 0 Å². The summed E-state index contributed by atoms with van der Waals surface area (Å²) in [6, 6.07) is 19.3. The Balaban J connectivity index is 2.03. The standard InChI is InChI=1S/C18H23BNOP/c1-4-17-18(22,15-11-6-5-7-12-15)21-19(20(17)3)16-13-9-8-10-14(16)2/h5-13,17H,4,22H2,1-3H3/t17-,18-/m0/s1. The number of hydrogen-bond acceptors (Lipinski definition) is 2. The number of nitrogens with zero attached hydrogens (tertiary/aromatic N) is 1. The van der Waals surface area contributed by atoms with Crippen molar-refractivity contribution in [3.8, 4) is 0 Å². The third-order valence-corrected chi connectivity index (χ3v) is 5.58. The first-order valence-corrected chi connectivity index (χ1v) is 8.45. The summed E-state index contributed by atoms with van der Waals surface area (Å²) in [7, 11) is 5.14. The minimum absolute atomic E-state index is 0.0103. The Hall–Kier alpha value is -1.15. The van der Waals surface area contributed by atoms with Crippen molar-refractivity contribution in [2.75, 3.05) is 7.05 Å². The van der Waals surface area contributed by atoms with Crippen LogP contribution in [-0.4, -0.2) is 25.0 Å². The fourth-order valence-corrected chi connectivity index (χ4v) is 4.30. The van der Waals surface area contributed by atoms with Gasteiger partial charge in [0, 0.05) is 6.04 Å². The highest BCUT2D eigenvalue weighted by molar-refractivity contribution is 7.18. The van der Waals surface area contributed by atoms with Gasteiger partial charge in [-0.3, -0.25) is 0 Å². The molecule has 2 aromatic rings. The van der Waals surface area contributed by atoms with Gasteiger partial charge in [0.25, 0.3) is 0 Å². The fraction of sp³-hybridized carbons (Fsp3) is 0.333. The number of likely N-dealkylation sites (N-methyl/N-ethyl adjacent to an activating group) is 1. The summed E-state index contributed by atoms with van der Waals surface area (Å²) in [4.78, 5) is 2.36. The second-order valence-corrected chi connectivity index (χ2v) is 6.93. The van der Waals surface area contributed by atoms with Gasteiger partial charge >= 0.3 is 7.05 Å². The van der Waals surface area contributed by atoms with Gasteiger partial charge in [-0.15, -0.1) is 0 Å². The summed E-state index contributed by atoms with van der Waals surface area (Å²) in [6.07, 6.45) is 1.04. The van der Waals surface area contributed by atoms with Crippen LogP contribution in [0.3, 0.4) is 0 Å². The molecule has 2 nitrogen and oxygen atoms in total. The number of benzene rings is 2. The van der Waals surface area contributed by atoms with Crippen LogP contribution >= 0.6 is 9.24 Å². The molecule has 0 aromatic heterocycles. The SMILES string of the molecule is CC[C@@H]1N(C)B(c2ccccc2C)O[C@]1(P)c1ccccc1. The van der Waals surface area contributed by atoms with E-state index in [0.29, 0.717) is 6.04 Å². The predicted octanol–water partition coefficient (Wildman–Crippen LogP) is 3.16. The van der Waals surface area contributed by atoms with Gasteiger partial charge < -0.3 is 9.47 Å². The molecule has 4 heteroatoms. The average molecular weight is 311 g/mol. The average Bonchev–Trinajstić information content (AvgIpc) is 2.80. The van der Waals surface area contributed by atoms with Crippen molar-refractivity contribution < 1.29 is 4.65 Å². The topological polar surface area (TPSA) is 12.5 Å². The quantitative estimate of drug-likeness (QED) is 0.638. The van der Waals surface area contributed by atoms with Crippen molar-refractivity contribution in [3.05, 3.63) is 65.7 Å². The molecule has 2 aromatic carbocycles. The van der Waals surface area contributed by atoms with Crippen molar-refractivity contribution >= 4 is 21.8 Å². The zero-order valence-corrected chi connectivity index (χ0v) is 14.6. The molecule has 1 unspecified atom stereocenters.